The van der Waals surface area contributed by atoms with E-state index in [0.717, 1.165) is 0 Å². The van der Waals surface area contributed by atoms with E-state index in [1.165, 1.54) is 0 Å². The minimum absolute atomic E-state index is 0.0535. The number of ketones is 2. The Kier molecular flexibility index (Phi) is 6.11. The number of carbonyl (C=O) groups excluding carboxylic acids is 3. The number of amidine groups is 2. The van der Waals surface area contributed by atoms with Crippen LogP contribution in [-0.4, -0.2) is 29.1 Å². The van der Waals surface area contributed by atoms with Gasteiger partial charge in [0.05, 0.1) is 53.9 Å². The number of amides is 1. The van der Waals surface area contributed by atoms with Crippen LogP contribution in [0.3, 0.4) is 0 Å². The van der Waals surface area contributed by atoms with Crippen molar-refractivity contribution in [1.29, 1.82) is 0 Å². The van der Waals surface area contributed by atoms with E-state index in [0.29, 0.717) is 45.2 Å². The highest BCUT2D eigenvalue weighted by Crippen LogP contribution is 2.47. The summed E-state index contributed by atoms with van der Waals surface area (Å²) in [6.07, 6.45) is 0. The molecule has 0 atom stereocenters. The summed E-state index contributed by atoms with van der Waals surface area (Å²) in [5.74, 6) is -0.591. The van der Waals surface area contributed by atoms with Gasteiger partial charge in [0, 0.05) is 27.8 Å². The Morgan fingerprint density at radius 3 is 1.62 bits per heavy atom. The molecule has 0 fully saturated rings. The van der Waals surface area contributed by atoms with Crippen molar-refractivity contribution in [3.63, 3.8) is 0 Å². The Hall–Kier alpha value is -4.27. The van der Waals surface area contributed by atoms with Crippen LogP contribution in [0.4, 0.5) is 11.4 Å². The predicted octanol–water partition coefficient (Wildman–Crippen LogP) is 7.93. The van der Waals surface area contributed by atoms with Crippen molar-refractivity contribution < 1.29 is 14.4 Å². The smallest absolute Gasteiger partial charge is 0.279 e. The lowest BCUT2D eigenvalue weighted by Gasteiger charge is -2.23. The summed E-state index contributed by atoms with van der Waals surface area (Å²) >= 11 is 25.5. The third kappa shape index (κ3) is 3.78. The maximum absolute atomic E-state index is 14.0. The quantitative estimate of drug-likeness (QED) is 0.152. The van der Waals surface area contributed by atoms with Gasteiger partial charge in [0.25, 0.3) is 5.91 Å². The lowest BCUT2D eigenvalue weighted by Crippen LogP contribution is -2.26. The van der Waals surface area contributed by atoms with E-state index < -0.39 is 0 Å². The Morgan fingerprint density at radius 1 is 0.524 bits per heavy atom. The molecule has 2 N–H and O–H groups in total. The van der Waals surface area contributed by atoms with Crippen LogP contribution in [-0.2, 0) is 0 Å². The molecule has 7 nitrogen and oxygen atoms in total. The van der Waals surface area contributed by atoms with E-state index in [1.54, 1.807) is 60.7 Å². The van der Waals surface area contributed by atoms with E-state index >= 15 is 0 Å². The third-order valence-corrected chi connectivity index (χ3v) is 9.05. The highest BCUT2D eigenvalue weighted by molar-refractivity contribution is 6.54. The third-order valence-electron chi connectivity index (χ3n) is 7.24. The number of nitrogens with one attached hydrogen (secondary N) is 2. The Morgan fingerprint density at radius 2 is 1.02 bits per heavy atom. The molecule has 4 aromatic carbocycles. The van der Waals surface area contributed by atoms with Crippen LogP contribution in [0.25, 0.3) is 5.70 Å². The van der Waals surface area contributed by atoms with E-state index in [4.69, 9.17) is 46.4 Å². The zero-order chi connectivity index (χ0) is 29.4. The van der Waals surface area contributed by atoms with Crippen molar-refractivity contribution in [2.75, 3.05) is 10.6 Å². The van der Waals surface area contributed by atoms with Gasteiger partial charge < -0.3 is 10.6 Å². The van der Waals surface area contributed by atoms with Crippen molar-refractivity contribution in [1.82, 2.24) is 0 Å². The number of aliphatic imine (C=N–C) groups is 2. The first-order chi connectivity index (χ1) is 20.2. The second-order valence-corrected chi connectivity index (χ2v) is 11.1. The van der Waals surface area contributed by atoms with Gasteiger partial charge in [0.15, 0.2) is 11.6 Å². The number of nitrogens with zero attached hydrogens (tertiary/aromatic N) is 2. The number of hydrogen-bond donors (Lipinski definition) is 2. The van der Waals surface area contributed by atoms with Crippen molar-refractivity contribution in [2.45, 2.75) is 0 Å². The molecule has 0 bridgehead atoms. The van der Waals surface area contributed by atoms with Gasteiger partial charge in [0.2, 0.25) is 0 Å². The summed E-state index contributed by atoms with van der Waals surface area (Å²) < 4.78 is 0. The molecule has 42 heavy (non-hydrogen) atoms. The number of hydrogen-bond acceptors (Lipinski definition) is 6. The van der Waals surface area contributed by atoms with Crippen LogP contribution in [0, 0.1) is 0 Å². The van der Waals surface area contributed by atoms with Gasteiger partial charge in [-0.25, -0.2) is 4.99 Å². The predicted molar refractivity (Wildman–Crippen MR) is 166 cm³/mol. The molecule has 2 aliphatic heterocycles. The molecule has 0 saturated carbocycles. The number of benzene rings is 4. The summed E-state index contributed by atoms with van der Waals surface area (Å²) in [6, 6.07) is 16.8. The van der Waals surface area contributed by atoms with Gasteiger partial charge in [-0.15, -0.1) is 0 Å². The largest absolute Gasteiger partial charge is 0.339 e. The van der Waals surface area contributed by atoms with Crippen LogP contribution in [0.1, 0.15) is 58.9 Å². The Bertz CT molecular complexity index is 2070. The molecule has 1 amide bonds. The van der Waals surface area contributed by atoms with Gasteiger partial charge in [0.1, 0.15) is 11.7 Å². The molecular weight excluding hydrogens is 618 g/mol. The van der Waals surface area contributed by atoms with Gasteiger partial charge in [-0.3, -0.25) is 14.4 Å². The fourth-order valence-electron chi connectivity index (χ4n) is 5.36. The second-order valence-electron chi connectivity index (χ2n) is 9.59. The second kappa shape index (κ2) is 9.64. The Labute approximate surface area is 258 Å². The zero-order valence-corrected chi connectivity index (χ0v) is 24.1. The molecule has 0 aromatic heterocycles. The minimum Gasteiger partial charge on any atom is -0.339 e. The molecule has 4 aromatic rings. The van der Waals surface area contributed by atoms with Gasteiger partial charge >= 0.3 is 0 Å². The van der Waals surface area contributed by atoms with Crippen LogP contribution < -0.4 is 10.6 Å². The zero-order valence-electron chi connectivity index (χ0n) is 21.1. The van der Waals surface area contributed by atoms with E-state index in [-0.39, 0.29) is 65.7 Å². The van der Waals surface area contributed by atoms with E-state index in [9.17, 15) is 14.4 Å². The Balaban J connectivity index is 1.29. The van der Waals surface area contributed by atoms with Gasteiger partial charge in [-0.2, -0.15) is 4.99 Å². The number of anilines is 2. The van der Waals surface area contributed by atoms with Gasteiger partial charge in [-0.05, 0) is 18.2 Å². The van der Waals surface area contributed by atoms with Crippen molar-refractivity contribution in [2.24, 2.45) is 9.98 Å². The molecule has 2 heterocycles. The first kappa shape index (κ1) is 26.6. The van der Waals surface area contributed by atoms with Crippen LogP contribution in [0.2, 0.25) is 20.1 Å². The standard InChI is InChI=1S/C31H14Cl4N4O3/c1-12-19-22(24(33)26(35)25(34)23(19)32)30(36-12)38-18-11-5-9-16-21(18)28(41)15-8-4-10-17(20(15)27(16)40)37-29-13-6-2-3-7-14(13)31(42)39-29/h2-11H,1H2,(H,36,38)(H,37,39,42). The molecule has 0 spiro atoms. The average Bonchev–Trinajstić information content (AvgIpc) is 3.49. The molecule has 0 saturated heterocycles. The van der Waals surface area contributed by atoms with E-state index in [1.807, 2.05) is 0 Å². The molecule has 11 heteroatoms. The lowest BCUT2D eigenvalue weighted by molar-refractivity contribution is 0.0980. The van der Waals surface area contributed by atoms with Crippen LogP contribution >= 0.6 is 46.4 Å². The first-order valence-electron chi connectivity index (χ1n) is 12.4. The molecular formula is C31H14Cl4N4O3. The normalized spacial score (nSPS) is 14.7. The van der Waals surface area contributed by atoms with Crippen LogP contribution in [0.15, 0.2) is 77.2 Å². The monoisotopic (exact) mass is 630 g/mol. The van der Waals surface area contributed by atoms with Crippen LogP contribution in [0.5, 0.6) is 0 Å². The topological polar surface area (TPSA) is 100.0 Å². The summed E-state index contributed by atoms with van der Waals surface area (Å²) in [6.45, 7) is 3.94. The van der Waals surface area contributed by atoms with Crippen molar-refractivity contribution in [3.8, 4) is 0 Å². The SMILES string of the molecule is C=C1N=C(Nc2cccc3c2C(=O)c2cccc(NC4=NC(=O)c5ccccc54)c2C3=O)c2c(Cl)c(Cl)c(Cl)c(Cl)c21. The minimum atomic E-state index is -0.384. The number of rotatable bonds is 2. The molecule has 0 unspecified atom stereocenters. The lowest BCUT2D eigenvalue weighted by atomic mass is 9.82. The fraction of sp³-hybridized carbons (Fsp3) is 0. The van der Waals surface area contributed by atoms with Crippen molar-refractivity contribution >= 4 is 92.6 Å². The summed E-state index contributed by atoms with van der Waals surface area (Å²) in [7, 11) is 0. The summed E-state index contributed by atoms with van der Waals surface area (Å²) in [5, 5.41) is 6.65. The number of carbonyl (C=O) groups is 3. The average molecular weight is 632 g/mol. The molecule has 7 rings (SSSR count). The number of halogens is 4. The van der Waals surface area contributed by atoms with Crippen molar-refractivity contribution in [3.05, 3.63) is 132 Å². The maximum Gasteiger partial charge on any atom is 0.279 e. The van der Waals surface area contributed by atoms with E-state index in [2.05, 4.69) is 27.2 Å². The first-order valence-corrected chi connectivity index (χ1v) is 13.9. The molecule has 204 valence electrons. The fourth-order valence-corrected chi connectivity index (χ4v) is 6.41. The molecule has 0 radical (unpaired) electrons. The molecule has 3 aliphatic rings. The summed E-state index contributed by atoms with van der Waals surface area (Å²) in [4.78, 5) is 48.9. The van der Waals surface area contributed by atoms with Gasteiger partial charge in [-0.1, -0.05) is 95.4 Å². The number of fused-ring (bicyclic) bond motifs is 4. The summed E-state index contributed by atoms with van der Waals surface area (Å²) in [5.41, 5.74) is 3.58. The maximum atomic E-state index is 14.0. The highest BCUT2D eigenvalue weighted by Gasteiger charge is 2.36. The highest BCUT2D eigenvalue weighted by atomic mass is 35.5. The molecule has 1 aliphatic carbocycles.